The van der Waals surface area contributed by atoms with Crippen molar-refractivity contribution in [3.8, 4) is 5.75 Å². The van der Waals surface area contributed by atoms with Gasteiger partial charge in [0, 0.05) is 11.6 Å². The minimum Gasteiger partial charge on any atom is -0.492 e. The van der Waals surface area contributed by atoms with E-state index in [0.29, 0.717) is 6.61 Å². The topological polar surface area (TPSA) is 59.9 Å². The molecule has 1 atom stereocenters. The van der Waals surface area contributed by atoms with E-state index in [4.69, 9.17) is 4.74 Å². The summed E-state index contributed by atoms with van der Waals surface area (Å²) in [5.41, 5.74) is 1.98. The molecule has 0 saturated heterocycles. The van der Waals surface area contributed by atoms with E-state index >= 15 is 0 Å². The number of hydrogen-bond donors (Lipinski definition) is 1. The minimum atomic E-state index is 0.0198. The Morgan fingerprint density at radius 3 is 2.90 bits per heavy atom. The fourth-order valence-electron chi connectivity index (χ4n) is 1.87. The lowest BCUT2D eigenvalue weighted by Crippen LogP contribution is -2.23. The fraction of sp³-hybridized carbons (Fsp3) is 0.500. The first-order valence-electron chi connectivity index (χ1n) is 6.93. The van der Waals surface area contributed by atoms with Crippen LogP contribution < -0.4 is 10.1 Å². The van der Waals surface area contributed by atoms with Gasteiger partial charge in [0.05, 0.1) is 24.5 Å². The maximum absolute atomic E-state index is 5.64. The van der Waals surface area contributed by atoms with Crippen LogP contribution in [0.1, 0.15) is 44.0 Å². The van der Waals surface area contributed by atoms with Crippen LogP contribution >= 0.6 is 11.5 Å². The zero-order valence-corrected chi connectivity index (χ0v) is 12.7. The van der Waals surface area contributed by atoms with Gasteiger partial charge in [-0.1, -0.05) is 18.3 Å². The van der Waals surface area contributed by atoms with Crippen LogP contribution in [0.25, 0.3) is 0 Å². The first kappa shape index (κ1) is 14.9. The molecule has 0 radical (unpaired) electrons. The van der Waals surface area contributed by atoms with E-state index in [1.807, 2.05) is 17.6 Å². The van der Waals surface area contributed by atoms with Crippen molar-refractivity contribution in [2.45, 2.75) is 32.7 Å². The maximum Gasteiger partial charge on any atom is 0.137 e. The van der Waals surface area contributed by atoms with Crippen LogP contribution in [0.5, 0.6) is 5.75 Å². The van der Waals surface area contributed by atoms with Gasteiger partial charge in [0.2, 0.25) is 0 Å². The monoisotopic (exact) mass is 292 g/mol. The van der Waals surface area contributed by atoms with E-state index in [1.54, 1.807) is 6.20 Å². The highest BCUT2D eigenvalue weighted by molar-refractivity contribution is 7.03. The van der Waals surface area contributed by atoms with Crippen LogP contribution in [0.2, 0.25) is 0 Å². The summed E-state index contributed by atoms with van der Waals surface area (Å²) in [5, 5.41) is 9.62. The lowest BCUT2D eigenvalue weighted by Gasteiger charge is -2.17. The highest BCUT2D eigenvalue weighted by atomic mass is 32.1. The van der Waals surface area contributed by atoms with Gasteiger partial charge in [-0.2, -0.15) is 0 Å². The molecule has 2 aromatic heterocycles. The van der Waals surface area contributed by atoms with Crippen molar-refractivity contribution in [3.63, 3.8) is 0 Å². The summed E-state index contributed by atoms with van der Waals surface area (Å²) in [7, 11) is 0. The van der Waals surface area contributed by atoms with Gasteiger partial charge in [-0.15, -0.1) is 5.10 Å². The summed E-state index contributed by atoms with van der Waals surface area (Å²) in [6, 6.07) is 2.04. The largest absolute Gasteiger partial charge is 0.492 e. The molecular formula is C14H20N4OS. The molecule has 0 bridgehead atoms. The van der Waals surface area contributed by atoms with Gasteiger partial charge >= 0.3 is 0 Å². The molecule has 0 spiro atoms. The number of aromatic nitrogens is 3. The highest BCUT2D eigenvalue weighted by Gasteiger charge is 2.17. The van der Waals surface area contributed by atoms with Crippen molar-refractivity contribution in [1.29, 1.82) is 0 Å². The molecule has 2 aromatic rings. The lowest BCUT2D eigenvalue weighted by atomic mass is 10.1. The molecule has 0 aliphatic heterocycles. The summed E-state index contributed by atoms with van der Waals surface area (Å²) in [6.45, 7) is 5.85. The summed E-state index contributed by atoms with van der Waals surface area (Å²) in [6.07, 6.45) is 5.64. The van der Waals surface area contributed by atoms with Gasteiger partial charge in [-0.05, 0) is 42.5 Å². The Balaban J connectivity index is 2.19. The Morgan fingerprint density at radius 2 is 2.20 bits per heavy atom. The number of pyridine rings is 1. The lowest BCUT2D eigenvalue weighted by molar-refractivity contribution is 0.315. The molecule has 1 N–H and O–H groups in total. The van der Waals surface area contributed by atoms with Gasteiger partial charge in [-0.3, -0.25) is 4.98 Å². The van der Waals surface area contributed by atoms with Crippen LogP contribution in [0.3, 0.4) is 0 Å². The van der Waals surface area contributed by atoms with Crippen LogP contribution in [0, 0.1) is 0 Å². The highest BCUT2D eigenvalue weighted by Crippen LogP contribution is 2.23. The van der Waals surface area contributed by atoms with Crippen molar-refractivity contribution in [2.75, 3.05) is 13.2 Å². The van der Waals surface area contributed by atoms with E-state index in [2.05, 4.69) is 33.7 Å². The standard InChI is InChI=1S/C14H20N4OS/c1-3-5-16-14(13-10-20-18-17-13)11-7-12(9-15-8-11)19-6-4-2/h7-10,14,16H,3-6H2,1-2H3. The second kappa shape index (κ2) is 7.91. The Hall–Kier alpha value is -1.53. The smallest absolute Gasteiger partial charge is 0.137 e. The summed E-state index contributed by atoms with van der Waals surface area (Å²) in [5.74, 6) is 0.802. The second-order valence-corrected chi connectivity index (χ2v) is 5.13. The first-order chi connectivity index (χ1) is 9.85. The Labute approximate surface area is 123 Å². The molecule has 1 unspecified atom stereocenters. The Morgan fingerprint density at radius 1 is 1.30 bits per heavy atom. The average molecular weight is 292 g/mol. The van der Waals surface area contributed by atoms with Gasteiger partial charge in [0.25, 0.3) is 0 Å². The molecule has 0 amide bonds. The van der Waals surface area contributed by atoms with E-state index in [1.165, 1.54) is 11.5 Å². The molecule has 0 aliphatic carbocycles. The zero-order chi connectivity index (χ0) is 14.2. The predicted octanol–water partition coefficient (Wildman–Crippen LogP) is 2.81. The Kier molecular flexibility index (Phi) is 5.88. The Bertz CT molecular complexity index is 504. The molecule has 0 aromatic carbocycles. The molecular weight excluding hydrogens is 272 g/mol. The third-order valence-electron chi connectivity index (χ3n) is 2.81. The predicted molar refractivity (Wildman–Crippen MR) is 80.1 cm³/mol. The van der Waals surface area contributed by atoms with E-state index < -0.39 is 0 Å². The minimum absolute atomic E-state index is 0.0198. The SMILES string of the molecule is CCCNC(c1cncc(OCCC)c1)c1csnn1. The van der Waals surface area contributed by atoms with Crippen LogP contribution in [-0.4, -0.2) is 27.7 Å². The molecule has 2 heterocycles. The van der Waals surface area contributed by atoms with Gasteiger partial charge in [0.1, 0.15) is 5.75 Å². The van der Waals surface area contributed by atoms with Crippen LogP contribution in [0.4, 0.5) is 0 Å². The van der Waals surface area contributed by atoms with Crippen molar-refractivity contribution in [1.82, 2.24) is 19.9 Å². The van der Waals surface area contributed by atoms with E-state index in [9.17, 15) is 0 Å². The van der Waals surface area contributed by atoms with Gasteiger partial charge in [0.15, 0.2) is 0 Å². The molecule has 2 rings (SSSR count). The molecule has 20 heavy (non-hydrogen) atoms. The molecule has 5 nitrogen and oxygen atoms in total. The third-order valence-corrected chi connectivity index (χ3v) is 3.33. The normalized spacial score (nSPS) is 12.3. The fourth-order valence-corrected chi connectivity index (χ4v) is 2.35. The van der Waals surface area contributed by atoms with Crippen molar-refractivity contribution in [2.24, 2.45) is 0 Å². The molecule has 6 heteroatoms. The third kappa shape index (κ3) is 3.98. The summed E-state index contributed by atoms with van der Waals surface area (Å²) >= 11 is 1.36. The van der Waals surface area contributed by atoms with Crippen LogP contribution in [0.15, 0.2) is 23.8 Å². The van der Waals surface area contributed by atoms with E-state index in [0.717, 1.165) is 36.4 Å². The number of nitrogens with one attached hydrogen (secondary N) is 1. The number of rotatable bonds is 8. The molecule has 0 fully saturated rings. The first-order valence-corrected chi connectivity index (χ1v) is 7.76. The molecule has 0 aliphatic rings. The second-order valence-electron chi connectivity index (χ2n) is 4.52. The maximum atomic E-state index is 5.64. The van der Waals surface area contributed by atoms with Crippen molar-refractivity contribution >= 4 is 11.5 Å². The van der Waals surface area contributed by atoms with Crippen molar-refractivity contribution in [3.05, 3.63) is 35.1 Å². The van der Waals surface area contributed by atoms with Crippen molar-refractivity contribution < 1.29 is 4.74 Å². The van der Waals surface area contributed by atoms with Gasteiger partial charge in [-0.25, -0.2) is 0 Å². The molecule has 108 valence electrons. The van der Waals surface area contributed by atoms with E-state index in [-0.39, 0.29) is 6.04 Å². The number of ether oxygens (including phenoxy) is 1. The summed E-state index contributed by atoms with van der Waals surface area (Å²) < 4.78 is 9.59. The van der Waals surface area contributed by atoms with Crippen LogP contribution in [-0.2, 0) is 0 Å². The quantitative estimate of drug-likeness (QED) is 0.810. The zero-order valence-electron chi connectivity index (χ0n) is 11.9. The average Bonchev–Trinajstić information content (AvgIpc) is 3.00. The summed E-state index contributed by atoms with van der Waals surface area (Å²) in [4.78, 5) is 4.27. The molecule has 0 saturated carbocycles. The number of nitrogens with zero attached hydrogens (tertiary/aromatic N) is 3. The number of hydrogen-bond acceptors (Lipinski definition) is 6. The van der Waals surface area contributed by atoms with Gasteiger partial charge < -0.3 is 10.1 Å².